The van der Waals surface area contributed by atoms with E-state index in [0.717, 1.165) is 25.8 Å². The molecular formula is C8H17ClNO4S+. The number of hydrogen-bond acceptors (Lipinski definition) is 3. The third-order valence-electron chi connectivity index (χ3n) is 2.87. The summed E-state index contributed by atoms with van der Waals surface area (Å²) >= 11 is 6.18. The molecule has 0 aromatic rings. The number of nitrogens with zero attached hydrogens (tertiary/aromatic N) is 1. The molecule has 1 aliphatic rings. The molecule has 90 valence electrons. The largest absolute Gasteiger partial charge is 0.397 e. The molecule has 0 saturated carbocycles. The van der Waals surface area contributed by atoms with E-state index in [0.29, 0.717) is 11.0 Å². The molecule has 2 unspecified atom stereocenters. The average molecular weight is 259 g/mol. The predicted molar refractivity (Wildman–Crippen MR) is 56.9 cm³/mol. The summed E-state index contributed by atoms with van der Waals surface area (Å²) in [6.45, 7) is 1.38. The van der Waals surface area contributed by atoms with Crippen LogP contribution in [-0.4, -0.2) is 49.7 Å². The Morgan fingerprint density at radius 1 is 1.53 bits per heavy atom. The first kappa shape index (κ1) is 13.2. The highest BCUT2D eigenvalue weighted by molar-refractivity contribution is 7.80. The van der Waals surface area contributed by atoms with Crippen molar-refractivity contribution in [3.8, 4) is 0 Å². The molecular weight excluding hydrogens is 242 g/mol. The van der Waals surface area contributed by atoms with Crippen LogP contribution in [-0.2, 0) is 14.6 Å². The second-order valence-electron chi connectivity index (χ2n) is 4.11. The van der Waals surface area contributed by atoms with E-state index in [-0.39, 0.29) is 12.1 Å². The molecule has 1 fully saturated rings. The van der Waals surface area contributed by atoms with Gasteiger partial charge in [-0.05, 0) is 12.8 Å². The zero-order chi connectivity index (χ0) is 11.5. The molecule has 15 heavy (non-hydrogen) atoms. The summed E-state index contributed by atoms with van der Waals surface area (Å²) in [5, 5.41) is 0. The van der Waals surface area contributed by atoms with Gasteiger partial charge >= 0.3 is 10.4 Å². The van der Waals surface area contributed by atoms with E-state index in [1.807, 2.05) is 7.05 Å². The molecule has 0 aliphatic carbocycles. The van der Waals surface area contributed by atoms with Crippen LogP contribution < -0.4 is 0 Å². The molecule has 7 heteroatoms. The van der Waals surface area contributed by atoms with Gasteiger partial charge in [0.15, 0.2) is 5.50 Å². The minimum Gasteiger partial charge on any atom is -0.309 e. The van der Waals surface area contributed by atoms with Crippen molar-refractivity contribution in [2.24, 2.45) is 0 Å². The number of alkyl halides is 1. The van der Waals surface area contributed by atoms with Crippen LogP contribution in [0, 0.1) is 0 Å². The molecule has 0 radical (unpaired) electrons. The second-order valence-corrected chi connectivity index (χ2v) is 5.70. The quantitative estimate of drug-likeness (QED) is 0.354. The first-order valence-corrected chi connectivity index (χ1v) is 6.74. The van der Waals surface area contributed by atoms with Gasteiger partial charge in [0.1, 0.15) is 13.2 Å². The van der Waals surface area contributed by atoms with Crippen molar-refractivity contribution in [3.63, 3.8) is 0 Å². The van der Waals surface area contributed by atoms with Crippen molar-refractivity contribution in [2.45, 2.75) is 24.8 Å². The van der Waals surface area contributed by atoms with Gasteiger partial charge in [0, 0.05) is 6.42 Å². The second kappa shape index (κ2) is 4.97. The molecule has 1 aliphatic heterocycles. The number of likely N-dealkylation sites (tertiary alicyclic amines) is 1. The van der Waals surface area contributed by atoms with E-state index in [1.54, 1.807) is 0 Å². The summed E-state index contributed by atoms with van der Waals surface area (Å²) in [5.41, 5.74) is 0.00347. The molecule has 0 bridgehead atoms. The number of piperidine rings is 1. The number of hydrogen-bond donors (Lipinski definition) is 1. The molecule has 0 aromatic heterocycles. The van der Waals surface area contributed by atoms with Crippen LogP contribution in [0.3, 0.4) is 0 Å². The van der Waals surface area contributed by atoms with E-state index in [2.05, 4.69) is 4.18 Å². The lowest BCUT2D eigenvalue weighted by Crippen LogP contribution is -2.54. The minimum absolute atomic E-state index is 0.00347. The fraction of sp³-hybridized carbons (Fsp3) is 1.00. The Morgan fingerprint density at radius 3 is 2.73 bits per heavy atom. The Labute approximate surface area is 95.5 Å². The monoisotopic (exact) mass is 258 g/mol. The van der Waals surface area contributed by atoms with Gasteiger partial charge in [0.2, 0.25) is 0 Å². The molecule has 1 saturated heterocycles. The molecule has 2 atom stereocenters. The van der Waals surface area contributed by atoms with Crippen LogP contribution in [0.25, 0.3) is 0 Å². The van der Waals surface area contributed by atoms with Gasteiger partial charge in [0.25, 0.3) is 0 Å². The SMILES string of the molecule is C[N+]1(CCOS(=O)(=O)O)CCCCC1Cl. The Hall–Kier alpha value is 0.120. The fourth-order valence-electron chi connectivity index (χ4n) is 1.84. The van der Waals surface area contributed by atoms with Gasteiger partial charge in [-0.15, -0.1) is 0 Å². The molecule has 0 amide bonds. The highest BCUT2D eigenvalue weighted by atomic mass is 35.5. The van der Waals surface area contributed by atoms with Gasteiger partial charge in [-0.1, -0.05) is 11.6 Å². The number of halogens is 1. The Balaban J connectivity index is 2.42. The zero-order valence-corrected chi connectivity index (χ0v) is 10.3. The van der Waals surface area contributed by atoms with Crippen molar-refractivity contribution in [3.05, 3.63) is 0 Å². The lowest BCUT2D eigenvalue weighted by atomic mass is 10.1. The van der Waals surface area contributed by atoms with Gasteiger partial charge in [-0.2, -0.15) is 8.42 Å². The maximum absolute atomic E-state index is 10.4. The fourth-order valence-corrected chi connectivity index (χ4v) is 2.48. The van der Waals surface area contributed by atoms with Crippen LogP contribution in [0.4, 0.5) is 0 Å². The van der Waals surface area contributed by atoms with Gasteiger partial charge in [-0.3, -0.25) is 4.55 Å². The molecule has 1 N–H and O–H groups in total. The molecule has 1 rings (SSSR count). The number of likely N-dealkylation sites (N-methyl/N-ethyl adjacent to an activating group) is 1. The van der Waals surface area contributed by atoms with E-state index in [1.165, 1.54) is 0 Å². The smallest absolute Gasteiger partial charge is 0.309 e. The van der Waals surface area contributed by atoms with Crippen molar-refractivity contribution in [2.75, 3.05) is 26.7 Å². The molecule has 5 nitrogen and oxygen atoms in total. The van der Waals surface area contributed by atoms with E-state index in [4.69, 9.17) is 16.2 Å². The third-order valence-corrected chi connectivity index (χ3v) is 4.03. The Bertz CT molecular complexity index is 308. The van der Waals surface area contributed by atoms with Crippen LogP contribution in [0.1, 0.15) is 19.3 Å². The lowest BCUT2D eigenvalue weighted by molar-refractivity contribution is -0.925. The van der Waals surface area contributed by atoms with E-state index in [9.17, 15) is 8.42 Å². The molecule has 0 spiro atoms. The van der Waals surface area contributed by atoms with Crippen LogP contribution in [0.15, 0.2) is 0 Å². The minimum atomic E-state index is -4.32. The Kier molecular flexibility index (Phi) is 4.37. The summed E-state index contributed by atoms with van der Waals surface area (Å²) < 4.78 is 34.0. The van der Waals surface area contributed by atoms with Crippen molar-refractivity contribution in [1.29, 1.82) is 0 Å². The van der Waals surface area contributed by atoms with Crippen molar-refractivity contribution >= 4 is 22.0 Å². The summed E-state index contributed by atoms with van der Waals surface area (Å²) in [6.07, 6.45) is 3.14. The van der Waals surface area contributed by atoms with Crippen LogP contribution in [0.2, 0.25) is 0 Å². The maximum Gasteiger partial charge on any atom is 0.397 e. The number of quaternary nitrogens is 1. The summed E-state index contributed by atoms with van der Waals surface area (Å²) in [5.74, 6) is 0. The van der Waals surface area contributed by atoms with E-state index < -0.39 is 10.4 Å². The van der Waals surface area contributed by atoms with Crippen LogP contribution >= 0.6 is 11.6 Å². The predicted octanol–water partition coefficient (Wildman–Crippen LogP) is 1.00. The Morgan fingerprint density at radius 2 is 2.20 bits per heavy atom. The van der Waals surface area contributed by atoms with E-state index >= 15 is 0 Å². The lowest BCUT2D eigenvalue weighted by Gasteiger charge is -2.41. The van der Waals surface area contributed by atoms with Gasteiger partial charge in [-0.25, -0.2) is 4.18 Å². The van der Waals surface area contributed by atoms with Crippen molar-refractivity contribution in [1.82, 2.24) is 0 Å². The summed E-state index contributed by atoms with van der Waals surface area (Å²) in [4.78, 5) is 0. The maximum atomic E-state index is 10.4. The number of rotatable bonds is 4. The summed E-state index contributed by atoms with van der Waals surface area (Å²) in [7, 11) is -2.35. The first-order valence-electron chi connectivity index (χ1n) is 4.94. The molecule has 0 aromatic carbocycles. The van der Waals surface area contributed by atoms with Crippen molar-refractivity contribution < 1.29 is 21.6 Å². The topological polar surface area (TPSA) is 63.6 Å². The van der Waals surface area contributed by atoms with Gasteiger partial charge in [0.05, 0.1) is 13.6 Å². The van der Waals surface area contributed by atoms with Crippen LogP contribution in [0.5, 0.6) is 0 Å². The highest BCUT2D eigenvalue weighted by Gasteiger charge is 2.33. The summed E-state index contributed by atoms with van der Waals surface area (Å²) in [6, 6.07) is 0. The molecule has 1 heterocycles. The third kappa shape index (κ3) is 4.24. The van der Waals surface area contributed by atoms with Gasteiger partial charge < -0.3 is 4.48 Å². The zero-order valence-electron chi connectivity index (χ0n) is 8.73. The average Bonchev–Trinajstić information content (AvgIpc) is 2.08. The first-order chi connectivity index (χ1) is 6.83. The normalized spacial score (nSPS) is 32.9. The standard InChI is InChI=1S/C8H16ClNO4S/c1-10(5-3-2-4-8(10)9)6-7-14-15(11,12)13/h8H,2-7H2,1H3/p+1. The highest BCUT2D eigenvalue weighted by Crippen LogP contribution is 2.26.